The highest BCUT2D eigenvalue weighted by Crippen LogP contribution is 2.13. The Hall–Kier alpha value is -0.940. The van der Waals surface area contributed by atoms with Crippen molar-refractivity contribution in [3.05, 3.63) is 30.1 Å². The lowest BCUT2D eigenvalue weighted by molar-refractivity contribution is 0.540. The van der Waals surface area contributed by atoms with Crippen LogP contribution in [0.15, 0.2) is 29.2 Å². The van der Waals surface area contributed by atoms with Crippen molar-refractivity contribution in [2.24, 2.45) is 5.92 Å². The molecule has 1 N–H and O–H groups in total. The molecular weight excluding hydrogens is 229 g/mol. The topological polar surface area (TPSA) is 46.2 Å². The van der Waals surface area contributed by atoms with E-state index in [1.165, 1.54) is 18.2 Å². The van der Waals surface area contributed by atoms with E-state index in [9.17, 15) is 12.8 Å². The molecule has 0 aliphatic carbocycles. The van der Waals surface area contributed by atoms with E-state index in [4.69, 9.17) is 0 Å². The molecule has 0 amide bonds. The van der Waals surface area contributed by atoms with Crippen LogP contribution in [0.25, 0.3) is 0 Å². The van der Waals surface area contributed by atoms with Crippen molar-refractivity contribution >= 4 is 10.0 Å². The predicted octanol–water partition coefficient (Wildman–Crippen LogP) is 2.15. The van der Waals surface area contributed by atoms with Gasteiger partial charge in [0.15, 0.2) is 0 Å². The molecule has 16 heavy (non-hydrogen) atoms. The Balaban J connectivity index is 2.75. The van der Waals surface area contributed by atoms with Gasteiger partial charge < -0.3 is 0 Å². The van der Waals surface area contributed by atoms with Crippen LogP contribution in [0.2, 0.25) is 0 Å². The van der Waals surface area contributed by atoms with E-state index in [0.717, 1.165) is 12.5 Å². The second-order valence-electron chi connectivity index (χ2n) is 4.01. The van der Waals surface area contributed by atoms with Crippen LogP contribution in [0.4, 0.5) is 4.39 Å². The van der Waals surface area contributed by atoms with Crippen LogP contribution in [0.1, 0.15) is 20.3 Å². The van der Waals surface area contributed by atoms with Crippen molar-refractivity contribution in [2.75, 3.05) is 6.54 Å². The van der Waals surface area contributed by atoms with Gasteiger partial charge in [0.1, 0.15) is 10.7 Å². The standard InChI is InChI=1S/C11H16FNO2S/c1-9(2)7-8-13-16(14,15)11-6-4-3-5-10(11)12/h3-6,9,13H,7-8H2,1-2H3. The fourth-order valence-corrected chi connectivity index (χ4v) is 2.35. The first-order valence-electron chi connectivity index (χ1n) is 5.17. The Morgan fingerprint density at radius 2 is 1.94 bits per heavy atom. The van der Waals surface area contributed by atoms with Gasteiger partial charge in [-0.25, -0.2) is 17.5 Å². The van der Waals surface area contributed by atoms with Crippen molar-refractivity contribution in [3.63, 3.8) is 0 Å². The summed E-state index contributed by atoms with van der Waals surface area (Å²) in [6.45, 7) is 4.32. The van der Waals surface area contributed by atoms with Gasteiger partial charge in [-0.1, -0.05) is 26.0 Å². The summed E-state index contributed by atoms with van der Waals surface area (Å²) in [6.07, 6.45) is 0.730. The normalized spacial score (nSPS) is 12.0. The van der Waals surface area contributed by atoms with Crippen molar-refractivity contribution in [1.29, 1.82) is 0 Å². The minimum atomic E-state index is -3.71. The maximum Gasteiger partial charge on any atom is 0.243 e. The highest BCUT2D eigenvalue weighted by Gasteiger charge is 2.17. The fraction of sp³-hybridized carbons (Fsp3) is 0.455. The van der Waals surface area contributed by atoms with Gasteiger partial charge in [0, 0.05) is 6.54 Å². The van der Waals surface area contributed by atoms with Crippen molar-refractivity contribution < 1.29 is 12.8 Å². The third kappa shape index (κ3) is 3.57. The van der Waals surface area contributed by atoms with E-state index in [1.54, 1.807) is 0 Å². The van der Waals surface area contributed by atoms with E-state index in [2.05, 4.69) is 4.72 Å². The summed E-state index contributed by atoms with van der Waals surface area (Å²) in [6, 6.07) is 5.35. The Bertz CT molecular complexity index is 443. The monoisotopic (exact) mass is 245 g/mol. The van der Waals surface area contributed by atoms with Crippen molar-refractivity contribution in [3.8, 4) is 0 Å². The number of hydrogen-bond acceptors (Lipinski definition) is 2. The summed E-state index contributed by atoms with van der Waals surface area (Å²) in [5.74, 6) is -0.317. The summed E-state index contributed by atoms with van der Waals surface area (Å²) in [7, 11) is -3.71. The Morgan fingerprint density at radius 1 is 1.31 bits per heavy atom. The minimum Gasteiger partial charge on any atom is -0.211 e. The molecule has 0 fully saturated rings. The first kappa shape index (κ1) is 13.1. The van der Waals surface area contributed by atoms with Gasteiger partial charge in [-0.2, -0.15) is 0 Å². The van der Waals surface area contributed by atoms with Gasteiger partial charge in [-0.3, -0.25) is 0 Å². The lowest BCUT2D eigenvalue weighted by Crippen LogP contribution is -2.26. The molecule has 0 saturated heterocycles. The van der Waals surface area contributed by atoms with Gasteiger partial charge in [0.05, 0.1) is 0 Å². The molecular formula is C11H16FNO2S. The average molecular weight is 245 g/mol. The molecule has 0 unspecified atom stereocenters. The zero-order valence-corrected chi connectivity index (χ0v) is 10.2. The van der Waals surface area contributed by atoms with Crippen LogP contribution < -0.4 is 4.72 Å². The third-order valence-electron chi connectivity index (χ3n) is 2.14. The molecule has 0 atom stereocenters. The van der Waals surface area contributed by atoms with Gasteiger partial charge in [-0.05, 0) is 24.5 Å². The van der Waals surface area contributed by atoms with Crippen LogP contribution in [0, 0.1) is 11.7 Å². The number of rotatable bonds is 5. The highest BCUT2D eigenvalue weighted by molar-refractivity contribution is 7.89. The summed E-state index contributed by atoms with van der Waals surface area (Å²) in [5, 5.41) is 0. The van der Waals surface area contributed by atoms with Crippen molar-refractivity contribution in [1.82, 2.24) is 4.72 Å². The van der Waals surface area contributed by atoms with Crippen LogP contribution in [0.5, 0.6) is 0 Å². The van der Waals surface area contributed by atoms with Crippen LogP contribution >= 0.6 is 0 Å². The number of benzene rings is 1. The first-order valence-corrected chi connectivity index (χ1v) is 6.66. The second kappa shape index (κ2) is 5.41. The van der Waals surface area contributed by atoms with Crippen LogP contribution in [-0.4, -0.2) is 15.0 Å². The molecule has 0 aliphatic heterocycles. The molecule has 1 rings (SSSR count). The second-order valence-corrected chi connectivity index (χ2v) is 5.75. The SMILES string of the molecule is CC(C)CCNS(=O)(=O)c1ccccc1F. The van der Waals surface area contributed by atoms with E-state index >= 15 is 0 Å². The lowest BCUT2D eigenvalue weighted by Gasteiger charge is -2.08. The quantitative estimate of drug-likeness (QED) is 0.864. The summed E-state index contributed by atoms with van der Waals surface area (Å²) >= 11 is 0. The Labute approximate surface area is 95.7 Å². The summed E-state index contributed by atoms with van der Waals surface area (Å²) in [5.41, 5.74) is 0. The first-order chi connectivity index (χ1) is 7.43. The van der Waals surface area contributed by atoms with Gasteiger partial charge in [0.25, 0.3) is 0 Å². The van der Waals surface area contributed by atoms with E-state index in [0.29, 0.717) is 12.5 Å². The third-order valence-corrected chi connectivity index (χ3v) is 3.63. The Kier molecular flexibility index (Phi) is 4.44. The molecule has 1 aromatic carbocycles. The van der Waals surface area contributed by atoms with E-state index < -0.39 is 15.8 Å². The summed E-state index contributed by atoms with van der Waals surface area (Å²) in [4.78, 5) is -0.293. The molecule has 0 spiro atoms. The number of hydrogen-bond donors (Lipinski definition) is 1. The van der Waals surface area contributed by atoms with E-state index in [-0.39, 0.29) is 4.90 Å². The molecule has 0 aromatic heterocycles. The van der Waals surface area contributed by atoms with Gasteiger partial charge in [0.2, 0.25) is 10.0 Å². The highest BCUT2D eigenvalue weighted by atomic mass is 32.2. The van der Waals surface area contributed by atoms with Gasteiger partial charge in [-0.15, -0.1) is 0 Å². The minimum absolute atomic E-state index is 0.293. The number of halogens is 1. The van der Waals surface area contributed by atoms with Crippen LogP contribution in [-0.2, 0) is 10.0 Å². The molecule has 0 aliphatic rings. The number of sulfonamides is 1. The zero-order valence-electron chi connectivity index (χ0n) is 9.40. The summed E-state index contributed by atoms with van der Waals surface area (Å²) < 4.78 is 39.0. The van der Waals surface area contributed by atoms with Crippen molar-refractivity contribution in [2.45, 2.75) is 25.2 Å². The largest absolute Gasteiger partial charge is 0.243 e. The molecule has 0 bridgehead atoms. The van der Waals surface area contributed by atoms with E-state index in [1.807, 2.05) is 13.8 Å². The van der Waals surface area contributed by atoms with Crippen LogP contribution in [0.3, 0.4) is 0 Å². The average Bonchev–Trinajstić information content (AvgIpc) is 2.17. The predicted molar refractivity (Wildman–Crippen MR) is 61.0 cm³/mol. The molecule has 90 valence electrons. The molecule has 0 radical (unpaired) electrons. The molecule has 0 heterocycles. The zero-order chi connectivity index (χ0) is 12.2. The van der Waals surface area contributed by atoms with Gasteiger partial charge >= 0.3 is 0 Å². The Morgan fingerprint density at radius 3 is 2.50 bits per heavy atom. The fourth-order valence-electron chi connectivity index (χ4n) is 1.22. The lowest BCUT2D eigenvalue weighted by atomic mass is 10.1. The molecule has 3 nitrogen and oxygen atoms in total. The smallest absolute Gasteiger partial charge is 0.211 e. The maximum atomic E-state index is 13.3. The molecule has 0 saturated carbocycles. The maximum absolute atomic E-state index is 13.3. The number of nitrogens with one attached hydrogen (secondary N) is 1. The molecule has 1 aromatic rings. The molecule has 5 heteroatoms.